The molecular formula is C18H18N2O4S2. The van der Waals surface area contributed by atoms with E-state index in [-0.39, 0.29) is 10.8 Å². The molecular weight excluding hydrogens is 372 g/mol. The van der Waals surface area contributed by atoms with Gasteiger partial charge in [-0.25, -0.2) is 13.4 Å². The topological polar surface area (TPSA) is 85.4 Å². The van der Waals surface area contributed by atoms with E-state index in [9.17, 15) is 13.2 Å². The molecule has 26 heavy (non-hydrogen) atoms. The molecule has 0 radical (unpaired) electrons. The third-order valence-electron chi connectivity index (χ3n) is 3.70. The van der Waals surface area contributed by atoms with Gasteiger partial charge in [0.05, 0.1) is 15.1 Å². The van der Waals surface area contributed by atoms with E-state index in [0.29, 0.717) is 27.5 Å². The van der Waals surface area contributed by atoms with E-state index in [1.807, 2.05) is 25.1 Å². The fourth-order valence-electron chi connectivity index (χ4n) is 2.36. The molecule has 3 aromatic rings. The Morgan fingerprint density at radius 2 is 1.96 bits per heavy atom. The number of nitrogens with zero attached hydrogens (tertiary/aromatic N) is 1. The molecule has 0 spiro atoms. The van der Waals surface area contributed by atoms with Gasteiger partial charge < -0.3 is 4.74 Å². The maximum absolute atomic E-state index is 12.5. The van der Waals surface area contributed by atoms with Gasteiger partial charge in [0.15, 0.2) is 21.1 Å². The average Bonchev–Trinajstić information content (AvgIpc) is 3.01. The highest BCUT2D eigenvalue weighted by molar-refractivity contribution is 7.90. The number of sulfone groups is 1. The van der Waals surface area contributed by atoms with Gasteiger partial charge in [-0.1, -0.05) is 36.5 Å². The molecule has 0 unspecified atom stereocenters. The zero-order chi connectivity index (χ0) is 18.7. The smallest absolute Gasteiger partial charge is 0.267 e. The molecule has 3 rings (SSSR count). The number of carbonyl (C=O) groups excluding carboxylic acids is 1. The normalized spacial score (nSPS) is 12.7. The Morgan fingerprint density at radius 3 is 2.62 bits per heavy atom. The number of hydrogen-bond acceptors (Lipinski definition) is 6. The van der Waals surface area contributed by atoms with E-state index in [1.165, 1.54) is 17.4 Å². The molecule has 1 heterocycles. The number of fused-ring (bicyclic) bond motifs is 1. The maximum atomic E-state index is 12.5. The number of amides is 1. The van der Waals surface area contributed by atoms with Crippen LogP contribution in [0.5, 0.6) is 5.75 Å². The summed E-state index contributed by atoms with van der Waals surface area (Å²) < 4.78 is 29.7. The number of benzene rings is 2. The van der Waals surface area contributed by atoms with Crippen molar-refractivity contribution < 1.29 is 17.9 Å². The van der Waals surface area contributed by atoms with Crippen LogP contribution in [0.2, 0.25) is 0 Å². The molecule has 6 nitrogen and oxygen atoms in total. The minimum absolute atomic E-state index is 0.227. The summed E-state index contributed by atoms with van der Waals surface area (Å²) in [5.74, 6) is 0.329. The van der Waals surface area contributed by atoms with Gasteiger partial charge in [-0.05, 0) is 36.8 Å². The van der Waals surface area contributed by atoms with Gasteiger partial charge in [0.1, 0.15) is 5.75 Å². The Bertz CT molecular complexity index is 1030. The zero-order valence-electron chi connectivity index (χ0n) is 14.3. The first-order valence-corrected chi connectivity index (χ1v) is 10.7. The summed E-state index contributed by atoms with van der Waals surface area (Å²) in [5.41, 5.74) is 0.634. The molecule has 0 bridgehead atoms. The lowest BCUT2D eigenvalue weighted by atomic mass is 10.2. The summed E-state index contributed by atoms with van der Waals surface area (Å²) in [6.07, 6.45) is 1.02. The molecule has 0 saturated carbocycles. The van der Waals surface area contributed by atoms with Crippen molar-refractivity contribution in [1.82, 2.24) is 4.98 Å². The molecule has 0 aliphatic rings. The SMILES string of the molecule is CC[C@@H](Oc1ccccc1)C(=O)Nc1nc2ccc(S(C)(=O)=O)cc2s1. The minimum atomic E-state index is -3.29. The Balaban J connectivity index is 1.77. The van der Waals surface area contributed by atoms with Crippen molar-refractivity contribution in [3.8, 4) is 5.75 Å². The third-order valence-corrected chi connectivity index (χ3v) is 5.75. The Labute approximate surface area is 155 Å². The van der Waals surface area contributed by atoms with Gasteiger partial charge in [-0.2, -0.15) is 0 Å². The van der Waals surface area contributed by atoms with Crippen molar-refractivity contribution in [3.63, 3.8) is 0 Å². The van der Waals surface area contributed by atoms with Crippen LogP contribution >= 0.6 is 11.3 Å². The number of carbonyl (C=O) groups is 1. The lowest BCUT2D eigenvalue weighted by Crippen LogP contribution is -2.32. The molecule has 8 heteroatoms. The van der Waals surface area contributed by atoms with E-state index in [4.69, 9.17) is 4.74 Å². The van der Waals surface area contributed by atoms with Gasteiger partial charge in [-0.15, -0.1) is 0 Å². The number of ether oxygens (including phenoxy) is 1. The first-order valence-electron chi connectivity index (χ1n) is 8.00. The molecule has 1 aromatic heterocycles. The van der Waals surface area contributed by atoms with Gasteiger partial charge in [0.25, 0.3) is 5.91 Å². The molecule has 0 fully saturated rings. The van der Waals surface area contributed by atoms with Crippen LogP contribution in [0, 0.1) is 0 Å². The number of nitrogens with one attached hydrogen (secondary N) is 1. The highest BCUT2D eigenvalue weighted by Crippen LogP contribution is 2.28. The van der Waals surface area contributed by atoms with Gasteiger partial charge in [-0.3, -0.25) is 10.1 Å². The van der Waals surface area contributed by atoms with Crippen LogP contribution in [-0.2, 0) is 14.6 Å². The Hall–Kier alpha value is -2.45. The molecule has 1 N–H and O–H groups in total. The van der Waals surface area contributed by atoms with Crippen LogP contribution < -0.4 is 10.1 Å². The second kappa shape index (κ2) is 7.43. The number of rotatable bonds is 6. The molecule has 2 aromatic carbocycles. The van der Waals surface area contributed by atoms with Crippen LogP contribution in [0.25, 0.3) is 10.2 Å². The summed E-state index contributed by atoms with van der Waals surface area (Å²) in [7, 11) is -3.29. The molecule has 0 saturated heterocycles. The highest BCUT2D eigenvalue weighted by atomic mass is 32.2. The molecule has 1 amide bonds. The quantitative estimate of drug-likeness (QED) is 0.696. The van der Waals surface area contributed by atoms with Crippen molar-refractivity contribution in [1.29, 1.82) is 0 Å². The fourth-order valence-corrected chi connectivity index (χ4v) is 3.99. The second-order valence-corrected chi connectivity index (χ2v) is 8.78. The van der Waals surface area contributed by atoms with Crippen LogP contribution in [0.1, 0.15) is 13.3 Å². The first-order chi connectivity index (χ1) is 12.4. The summed E-state index contributed by atoms with van der Waals surface area (Å²) >= 11 is 1.23. The predicted molar refractivity (Wildman–Crippen MR) is 103 cm³/mol. The van der Waals surface area contributed by atoms with Crippen molar-refractivity contribution in [3.05, 3.63) is 48.5 Å². The lowest BCUT2D eigenvalue weighted by molar-refractivity contribution is -0.122. The average molecular weight is 390 g/mol. The van der Waals surface area contributed by atoms with Crippen LogP contribution in [0.15, 0.2) is 53.4 Å². The standard InChI is InChI=1S/C18H18N2O4S2/c1-3-15(24-12-7-5-4-6-8-12)17(21)20-18-19-14-10-9-13(26(2,22)23)11-16(14)25-18/h4-11,15H,3H2,1-2H3,(H,19,20,21)/t15-/m1/s1. The molecule has 1 atom stereocenters. The van der Waals surface area contributed by atoms with Crippen molar-refractivity contribution in [2.24, 2.45) is 0 Å². The monoisotopic (exact) mass is 390 g/mol. The minimum Gasteiger partial charge on any atom is -0.481 e. The van der Waals surface area contributed by atoms with Crippen LogP contribution in [0.4, 0.5) is 5.13 Å². The summed E-state index contributed by atoms with van der Waals surface area (Å²) in [5, 5.41) is 3.16. The number of aromatic nitrogens is 1. The maximum Gasteiger partial charge on any atom is 0.267 e. The zero-order valence-corrected chi connectivity index (χ0v) is 15.9. The fraction of sp³-hybridized carbons (Fsp3) is 0.222. The van der Waals surface area contributed by atoms with Crippen molar-refractivity contribution in [2.45, 2.75) is 24.3 Å². The first kappa shape index (κ1) is 18.3. The third kappa shape index (κ3) is 4.20. The number of hydrogen-bond donors (Lipinski definition) is 1. The van der Waals surface area contributed by atoms with Crippen molar-refractivity contribution in [2.75, 3.05) is 11.6 Å². The lowest BCUT2D eigenvalue weighted by Gasteiger charge is -2.16. The van der Waals surface area contributed by atoms with E-state index in [2.05, 4.69) is 10.3 Å². The second-order valence-electron chi connectivity index (χ2n) is 5.74. The molecule has 0 aliphatic carbocycles. The van der Waals surface area contributed by atoms with Crippen LogP contribution in [0.3, 0.4) is 0 Å². The van der Waals surface area contributed by atoms with Gasteiger partial charge in [0, 0.05) is 6.26 Å². The van der Waals surface area contributed by atoms with E-state index in [1.54, 1.807) is 24.3 Å². The van der Waals surface area contributed by atoms with E-state index in [0.717, 1.165) is 6.26 Å². The number of thiazole rings is 1. The summed E-state index contributed by atoms with van der Waals surface area (Å²) in [4.78, 5) is 17.0. The number of para-hydroxylation sites is 1. The summed E-state index contributed by atoms with van der Waals surface area (Å²) in [6.45, 7) is 1.87. The largest absolute Gasteiger partial charge is 0.481 e. The number of anilines is 1. The summed E-state index contributed by atoms with van der Waals surface area (Å²) in [6, 6.07) is 13.8. The van der Waals surface area contributed by atoms with Gasteiger partial charge in [0.2, 0.25) is 0 Å². The Morgan fingerprint density at radius 1 is 1.23 bits per heavy atom. The highest BCUT2D eigenvalue weighted by Gasteiger charge is 2.20. The molecule has 0 aliphatic heterocycles. The Kier molecular flexibility index (Phi) is 5.24. The van der Waals surface area contributed by atoms with E-state index < -0.39 is 15.9 Å². The molecule has 136 valence electrons. The van der Waals surface area contributed by atoms with E-state index >= 15 is 0 Å². The van der Waals surface area contributed by atoms with Gasteiger partial charge >= 0.3 is 0 Å². The van der Waals surface area contributed by atoms with Crippen molar-refractivity contribution >= 4 is 42.4 Å². The van der Waals surface area contributed by atoms with Crippen LogP contribution in [-0.4, -0.2) is 31.7 Å². The predicted octanol–water partition coefficient (Wildman–Crippen LogP) is 3.50.